The van der Waals surface area contributed by atoms with Gasteiger partial charge >= 0.3 is 0 Å². The summed E-state index contributed by atoms with van der Waals surface area (Å²) < 4.78 is 0. The summed E-state index contributed by atoms with van der Waals surface area (Å²) in [5.41, 5.74) is 0.149. The van der Waals surface area contributed by atoms with E-state index >= 15 is 0 Å². The molecule has 2 heterocycles. The number of benzene rings is 1. The van der Waals surface area contributed by atoms with Crippen LogP contribution in [0, 0.1) is 0 Å². The molecular weight excluding hydrogens is 342 g/mol. The van der Waals surface area contributed by atoms with Crippen LogP contribution in [0.3, 0.4) is 0 Å². The molecule has 2 fully saturated rings. The Morgan fingerprint density at radius 1 is 1.11 bits per heavy atom. The highest BCUT2D eigenvalue weighted by Crippen LogP contribution is 2.25. The van der Waals surface area contributed by atoms with E-state index in [1.54, 1.807) is 0 Å². The summed E-state index contributed by atoms with van der Waals surface area (Å²) in [7, 11) is 0. The van der Waals surface area contributed by atoms with Crippen molar-refractivity contribution < 1.29 is 14.4 Å². The molecule has 146 valence electrons. The lowest BCUT2D eigenvalue weighted by molar-refractivity contribution is -0.133. The van der Waals surface area contributed by atoms with Gasteiger partial charge in [0.1, 0.15) is 5.54 Å². The lowest BCUT2D eigenvalue weighted by Crippen LogP contribution is -2.59. The van der Waals surface area contributed by atoms with Gasteiger partial charge in [-0.15, -0.1) is 0 Å². The number of carbonyl (C=O) groups excluding carboxylic acids is 3. The first-order valence-corrected chi connectivity index (χ1v) is 10.0. The minimum Gasteiger partial charge on any atom is -0.354 e. The van der Waals surface area contributed by atoms with Gasteiger partial charge in [-0.25, -0.2) is 0 Å². The number of rotatable bonds is 7. The third-order valence-corrected chi connectivity index (χ3v) is 5.48. The van der Waals surface area contributed by atoms with Crippen LogP contribution in [0.5, 0.6) is 0 Å². The average molecular weight is 371 g/mol. The second-order valence-electron chi connectivity index (χ2n) is 7.59. The molecule has 1 aromatic rings. The van der Waals surface area contributed by atoms with E-state index in [2.05, 4.69) is 10.6 Å². The zero-order valence-corrected chi connectivity index (χ0v) is 15.8. The van der Waals surface area contributed by atoms with Crippen molar-refractivity contribution in [2.45, 2.75) is 56.9 Å². The third-order valence-electron chi connectivity index (χ3n) is 5.48. The summed E-state index contributed by atoms with van der Waals surface area (Å²) in [4.78, 5) is 38.8. The SMILES string of the molecule is O=C1CCCCC(Cc2ccccc2)(C(=O)NCCCN2CCCC2=O)N1. The highest BCUT2D eigenvalue weighted by atomic mass is 16.2. The van der Waals surface area contributed by atoms with Gasteiger partial charge in [-0.1, -0.05) is 36.8 Å². The quantitative estimate of drug-likeness (QED) is 0.717. The number of nitrogens with zero attached hydrogens (tertiary/aromatic N) is 1. The van der Waals surface area contributed by atoms with Gasteiger partial charge < -0.3 is 15.5 Å². The maximum Gasteiger partial charge on any atom is 0.246 e. The molecule has 0 spiro atoms. The van der Waals surface area contributed by atoms with Crippen LogP contribution >= 0.6 is 0 Å². The predicted octanol–water partition coefficient (Wildman–Crippen LogP) is 1.79. The first-order valence-electron chi connectivity index (χ1n) is 10.0. The second kappa shape index (κ2) is 9.02. The van der Waals surface area contributed by atoms with Crippen LogP contribution in [0.15, 0.2) is 30.3 Å². The van der Waals surface area contributed by atoms with Gasteiger partial charge in [-0.2, -0.15) is 0 Å². The standard InChI is InChI=1S/C21H29N3O3/c25-18-10-4-5-12-21(23-18,16-17-8-2-1-3-9-17)20(27)22-13-7-15-24-14-6-11-19(24)26/h1-3,8-9H,4-7,10-16H2,(H,22,27)(H,23,25). The van der Waals surface area contributed by atoms with Gasteiger partial charge in [0, 0.05) is 38.9 Å². The molecule has 2 N–H and O–H groups in total. The molecule has 0 saturated carbocycles. The van der Waals surface area contributed by atoms with E-state index in [9.17, 15) is 14.4 Å². The van der Waals surface area contributed by atoms with Gasteiger partial charge in [-0.05, 0) is 31.2 Å². The van der Waals surface area contributed by atoms with Crippen molar-refractivity contribution in [1.29, 1.82) is 0 Å². The first kappa shape index (κ1) is 19.4. The Bertz CT molecular complexity index is 677. The zero-order valence-electron chi connectivity index (χ0n) is 15.8. The molecule has 2 saturated heterocycles. The van der Waals surface area contributed by atoms with E-state index in [0.29, 0.717) is 38.8 Å². The maximum absolute atomic E-state index is 13.1. The van der Waals surface area contributed by atoms with Crippen LogP contribution in [-0.4, -0.2) is 47.8 Å². The molecule has 0 radical (unpaired) electrons. The van der Waals surface area contributed by atoms with Crippen molar-refractivity contribution in [3.8, 4) is 0 Å². The zero-order chi connectivity index (χ0) is 19.1. The fraction of sp³-hybridized carbons (Fsp3) is 0.571. The molecule has 2 aliphatic heterocycles. The van der Waals surface area contributed by atoms with Crippen LogP contribution < -0.4 is 10.6 Å². The van der Waals surface area contributed by atoms with Crippen LogP contribution in [0.4, 0.5) is 0 Å². The van der Waals surface area contributed by atoms with Crippen molar-refractivity contribution in [1.82, 2.24) is 15.5 Å². The Kier molecular flexibility index (Phi) is 6.48. The number of amides is 3. The molecule has 1 atom stereocenters. The topological polar surface area (TPSA) is 78.5 Å². The Labute approximate surface area is 160 Å². The lowest BCUT2D eigenvalue weighted by Gasteiger charge is -2.32. The average Bonchev–Trinajstić information content (AvgIpc) is 2.97. The van der Waals surface area contributed by atoms with Gasteiger partial charge in [0.25, 0.3) is 0 Å². The third kappa shape index (κ3) is 5.08. The number of carbonyl (C=O) groups is 3. The summed E-state index contributed by atoms with van der Waals surface area (Å²) in [6.07, 6.45) is 5.57. The summed E-state index contributed by atoms with van der Waals surface area (Å²) in [6.45, 7) is 2.01. The molecule has 27 heavy (non-hydrogen) atoms. The Morgan fingerprint density at radius 3 is 2.67 bits per heavy atom. The van der Waals surface area contributed by atoms with Crippen LogP contribution in [0.1, 0.15) is 50.5 Å². The Balaban J connectivity index is 1.61. The van der Waals surface area contributed by atoms with Crippen molar-refractivity contribution in [3.63, 3.8) is 0 Å². The number of hydrogen-bond donors (Lipinski definition) is 2. The monoisotopic (exact) mass is 371 g/mol. The van der Waals surface area contributed by atoms with Gasteiger partial charge in [0.15, 0.2) is 0 Å². The predicted molar refractivity (Wildman–Crippen MR) is 103 cm³/mol. The maximum atomic E-state index is 13.1. The molecule has 6 nitrogen and oxygen atoms in total. The highest BCUT2D eigenvalue weighted by Gasteiger charge is 2.40. The van der Waals surface area contributed by atoms with Crippen LogP contribution in [-0.2, 0) is 20.8 Å². The molecule has 1 aromatic carbocycles. The summed E-state index contributed by atoms with van der Waals surface area (Å²) >= 11 is 0. The molecule has 0 aromatic heterocycles. The summed E-state index contributed by atoms with van der Waals surface area (Å²) in [5, 5.41) is 6.02. The molecule has 3 rings (SSSR count). The minimum absolute atomic E-state index is 0.0544. The summed E-state index contributed by atoms with van der Waals surface area (Å²) in [5.74, 6) is 0.0356. The van der Waals surface area contributed by atoms with Crippen molar-refractivity contribution in [2.75, 3.05) is 19.6 Å². The minimum atomic E-state index is -0.890. The lowest BCUT2D eigenvalue weighted by atomic mass is 9.85. The molecule has 6 heteroatoms. The van der Waals surface area contributed by atoms with Crippen LogP contribution in [0.25, 0.3) is 0 Å². The van der Waals surface area contributed by atoms with E-state index in [0.717, 1.165) is 37.8 Å². The van der Waals surface area contributed by atoms with Crippen molar-refractivity contribution >= 4 is 17.7 Å². The van der Waals surface area contributed by atoms with Gasteiger partial charge in [-0.3, -0.25) is 14.4 Å². The van der Waals surface area contributed by atoms with E-state index in [1.807, 2.05) is 35.2 Å². The number of nitrogens with one attached hydrogen (secondary N) is 2. The largest absolute Gasteiger partial charge is 0.354 e. The fourth-order valence-corrected chi connectivity index (χ4v) is 4.01. The van der Waals surface area contributed by atoms with Gasteiger partial charge in [0.2, 0.25) is 17.7 Å². The normalized spacial score (nSPS) is 23.0. The van der Waals surface area contributed by atoms with E-state index in [-0.39, 0.29) is 17.7 Å². The first-order chi connectivity index (χ1) is 13.1. The molecule has 2 aliphatic rings. The summed E-state index contributed by atoms with van der Waals surface area (Å²) in [6, 6.07) is 9.83. The molecule has 1 unspecified atom stereocenters. The molecule has 0 bridgehead atoms. The highest BCUT2D eigenvalue weighted by molar-refractivity contribution is 5.92. The molecule has 0 aliphatic carbocycles. The fourth-order valence-electron chi connectivity index (χ4n) is 4.01. The van der Waals surface area contributed by atoms with Crippen molar-refractivity contribution in [2.24, 2.45) is 0 Å². The Morgan fingerprint density at radius 2 is 1.93 bits per heavy atom. The van der Waals surface area contributed by atoms with Crippen molar-refractivity contribution in [3.05, 3.63) is 35.9 Å². The second-order valence-corrected chi connectivity index (χ2v) is 7.59. The molecular formula is C21H29N3O3. The van der Waals surface area contributed by atoms with Crippen LogP contribution in [0.2, 0.25) is 0 Å². The smallest absolute Gasteiger partial charge is 0.246 e. The van der Waals surface area contributed by atoms with E-state index in [1.165, 1.54) is 0 Å². The molecule has 3 amide bonds. The number of likely N-dealkylation sites (tertiary alicyclic amines) is 1. The number of hydrogen-bond acceptors (Lipinski definition) is 3. The van der Waals surface area contributed by atoms with Gasteiger partial charge in [0.05, 0.1) is 0 Å². The van der Waals surface area contributed by atoms with E-state index < -0.39 is 5.54 Å². The van der Waals surface area contributed by atoms with E-state index in [4.69, 9.17) is 0 Å². The Hall–Kier alpha value is -2.37.